The first kappa shape index (κ1) is 11.5. The second-order valence-electron chi connectivity index (χ2n) is 4.22. The van der Waals surface area contributed by atoms with Gasteiger partial charge in [0.1, 0.15) is 0 Å². The molecule has 14 heavy (non-hydrogen) atoms. The van der Waals surface area contributed by atoms with Crippen LogP contribution in [0, 0.1) is 5.92 Å². The molecule has 1 fully saturated rings. The standard InChI is InChI=1S/C10H20N2O2/c1-7(10(11)14)12-5-3-4-9(6-12)8(2)13/h7-9,13H,3-6H2,1-2H3,(H2,11,14)/t7-,8+,9+/m1/s1. The zero-order valence-corrected chi connectivity index (χ0v) is 8.94. The lowest BCUT2D eigenvalue weighted by Gasteiger charge is -2.36. The maximum Gasteiger partial charge on any atom is 0.234 e. The van der Waals surface area contributed by atoms with Crippen LogP contribution in [-0.2, 0) is 4.79 Å². The Labute approximate surface area is 85.1 Å². The van der Waals surface area contributed by atoms with Crippen molar-refractivity contribution in [1.29, 1.82) is 0 Å². The number of hydrogen-bond acceptors (Lipinski definition) is 3. The monoisotopic (exact) mass is 200 g/mol. The van der Waals surface area contributed by atoms with E-state index in [1.165, 1.54) is 0 Å². The Balaban J connectivity index is 2.51. The van der Waals surface area contributed by atoms with E-state index in [1.54, 1.807) is 0 Å². The van der Waals surface area contributed by atoms with Gasteiger partial charge < -0.3 is 10.8 Å². The summed E-state index contributed by atoms with van der Waals surface area (Å²) < 4.78 is 0. The normalized spacial score (nSPS) is 28.4. The lowest BCUT2D eigenvalue weighted by atomic mass is 9.92. The maximum absolute atomic E-state index is 11.0. The highest BCUT2D eigenvalue weighted by molar-refractivity contribution is 5.79. The highest BCUT2D eigenvalue weighted by Gasteiger charge is 2.28. The predicted octanol–water partition coefficient (Wildman–Crippen LogP) is -0.0470. The second-order valence-corrected chi connectivity index (χ2v) is 4.22. The van der Waals surface area contributed by atoms with Crippen LogP contribution in [0.3, 0.4) is 0 Å². The minimum absolute atomic E-state index is 0.212. The van der Waals surface area contributed by atoms with Crippen molar-refractivity contribution in [2.24, 2.45) is 11.7 Å². The number of likely N-dealkylation sites (tertiary alicyclic amines) is 1. The summed E-state index contributed by atoms with van der Waals surface area (Å²) in [6.45, 7) is 5.32. The Morgan fingerprint density at radius 1 is 1.57 bits per heavy atom. The van der Waals surface area contributed by atoms with Crippen LogP contribution < -0.4 is 5.73 Å². The third-order valence-corrected chi connectivity index (χ3v) is 3.13. The Bertz CT molecular complexity index is 206. The molecule has 0 unspecified atom stereocenters. The molecule has 0 spiro atoms. The van der Waals surface area contributed by atoms with Crippen molar-refractivity contribution in [3.63, 3.8) is 0 Å². The number of rotatable bonds is 3. The van der Waals surface area contributed by atoms with Crippen molar-refractivity contribution in [3.05, 3.63) is 0 Å². The molecule has 4 heteroatoms. The van der Waals surface area contributed by atoms with Crippen LogP contribution in [0.2, 0.25) is 0 Å². The highest BCUT2D eigenvalue weighted by atomic mass is 16.3. The molecule has 0 aromatic rings. The smallest absolute Gasteiger partial charge is 0.234 e. The Kier molecular flexibility index (Phi) is 3.89. The molecule has 0 saturated carbocycles. The van der Waals surface area contributed by atoms with Gasteiger partial charge in [-0.15, -0.1) is 0 Å². The number of nitrogens with two attached hydrogens (primary N) is 1. The molecule has 1 rings (SSSR count). The van der Waals surface area contributed by atoms with E-state index in [0.29, 0.717) is 0 Å². The Hall–Kier alpha value is -0.610. The van der Waals surface area contributed by atoms with Crippen molar-refractivity contribution < 1.29 is 9.90 Å². The van der Waals surface area contributed by atoms with Gasteiger partial charge in [0.05, 0.1) is 12.1 Å². The molecule has 0 aliphatic carbocycles. The summed E-state index contributed by atoms with van der Waals surface area (Å²) in [6.07, 6.45) is 1.78. The average Bonchev–Trinajstić information content (AvgIpc) is 2.16. The van der Waals surface area contributed by atoms with Crippen LogP contribution in [0.15, 0.2) is 0 Å². The molecule has 1 heterocycles. The Morgan fingerprint density at radius 2 is 2.21 bits per heavy atom. The largest absolute Gasteiger partial charge is 0.393 e. The number of carbonyl (C=O) groups is 1. The molecular weight excluding hydrogens is 180 g/mol. The fourth-order valence-corrected chi connectivity index (χ4v) is 1.97. The molecule has 0 bridgehead atoms. The van der Waals surface area contributed by atoms with Gasteiger partial charge in [0.25, 0.3) is 0 Å². The van der Waals surface area contributed by atoms with Crippen molar-refractivity contribution in [1.82, 2.24) is 4.90 Å². The fourth-order valence-electron chi connectivity index (χ4n) is 1.97. The minimum Gasteiger partial charge on any atom is -0.393 e. The van der Waals surface area contributed by atoms with Crippen molar-refractivity contribution in [2.75, 3.05) is 13.1 Å². The summed E-state index contributed by atoms with van der Waals surface area (Å²) in [5.41, 5.74) is 5.25. The molecule has 82 valence electrons. The van der Waals surface area contributed by atoms with Gasteiger partial charge in [-0.25, -0.2) is 0 Å². The minimum atomic E-state index is -0.294. The summed E-state index contributed by atoms with van der Waals surface area (Å²) in [5, 5.41) is 9.47. The zero-order valence-electron chi connectivity index (χ0n) is 8.94. The van der Waals surface area contributed by atoms with E-state index in [2.05, 4.69) is 4.90 Å². The first-order valence-electron chi connectivity index (χ1n) is 5.23. The predicted molar refractivity (Wildman–Crippen MR) is 54.6 cm³/mol. The Morgan fingerprint density at radius 3 is 2.71 bits per heavy atom. The SMILES string of the molecule is C[C@H](O)[C@H]1CCCN([C@H](C)C(N)=O)C1. The molecule has 3 N–H and O–H groups in total. The third kappa shape index (κ3) is 2.69. The number of aliphatic hydroxyl groups is 1. The van der Waals surface area contributed by atoms with E-state index in [4.69, 9.17) is 5.73 Å². The molecule has 1 amide bonds. The number of hydrogen-bond donors (Lipinski definition) is 2. The summed E-state index contributed by atoms with van der Waals surface area (Å²) in [7, 11) is 0. The number of carbonyl (C=O) groups excluding carboxylic acids is 1. The number of amides is 1. The van der Waals surface area contributed by atoms with E-state index in [9.17, 15) is 9.90 Å². The summed E-state index contributed by atoms with van der Waals surface area (Å²) in [6, 6.07) is -0.212. The topological polar surface area (TPSA) is 66.6 Å². The van der Waals surface area contributed by atoms with Gasteiger partial charge in [-0.3, -0.25) is 9.69 Å². The molecule has 0 aromatic heterocycles. The molecule has 0 aromatic carbocycles. The molecule has 3 atom stereocenters. The molecule has 1 aliphatic heterocycles. The van der Waals surface area contributed by atoms with E-state index in [1.807, 2.05) is 13.8 Å². The zero-order chi connectivity index (χ0) is 10.7. The number of piperidine rings is 1. The van der Waals surface area contributed by atoms with Gasteiger partial charge in [-0.05, 0) is 39.2 Å². The van der Waals surface area contributed by atoms with Crippen LogP contribution in [-0.4, -0.2) is 41.1 Å². The van der Waals surface area contributed by atoms with Crippen LogP contribution in [0.4, 0.5) is 0 Å². The summed E-state index contributed by atoms with van der Waals surface area (Å²) in [5.74, 6) is 0.00166. The van der Waals surface area contributed by atoms with E-state index < -0.39 is 0 Å². The molecular formula is C10H20N2O2. The lowest BCUT2D eigenvalue weighted by molar-refractivity contribution is -0.123. The van der Waals surface area contributed by atoms with Crippen molar-refractivity contribution in [3.8, 4) is 0 Å². The van der Waals surface area contributed by atoms with Gasteiger partial charge >= 0.3 is 0 Å². The van der Waals surface area contributed by atoms with E-state index in [-0.39, 0.29) is 24.0 Å². The summed E-state index contributed by atoms with van der Waals surface area (Å²) in [4.78, 5) is 13.1. The quantitative estimate of drug-likeness (QED) is 0.671. The van der Waals surface area contributed by atoms with Gasteiger partial charge in [0.15, 0.2) is 0 Å². The van der Waals surface area contributed by atoms with E-state index >= 15 is 0 Å². The molecule has 0 radical (unpaired) electrons. The maximum atomic E-state index is 11.0. The number of nitrogens with zero attached hydrogens (tertiary/aromatic N) is 1. The van der Waals surface area contributed by atoms with E-state index in [0.717, 1.165) is 25.9 Å². The van der Waals surface area contributed by atoms with Crippen molar-refractivity contribution in [2.45, 2.75) is 38.8 Å². The van der Waals surface area contributed by atoms with Gasteiger partial charge in [-0.2, -0.15) is 0 Å². The first-order chi connectivity index (χ1) is 6.52. The number of primary amides is 1. The van der Waals surface area contributed by atoms with Crippen LogP contribution in [0.1, 0.15) is 26.7 Å². The second kappa shape index (κ2) is 4.75. The first-order valence-corrected chi connectivity index (χ1v) is 5.23. The van der Waals surface area contributed by atoms with Gasteiger partial charge in [-0.1, -0.05) is 0 Å². The fraction of sp³-hybridized carbons (Fsp3) is 0.900. The highest BCUT2D eigenvalue weighted by Crippen LogP contribution is 2.21. The van der Waals surface area contributed by atoms with Gasteiger partial charge in [0, 0.05) is 6.54 Å². The average molecular weight is 200 g/mol. The van der Waals surface area contributed by atoms with Crippen molar-refractivity contribution >= 4 is 5.91 Å². The van der Waals surface area contributed by atoms with Crippen LogP contribution in [0.5, 0.6) is 0 Å². The molecule has 1 saturated heterocycles. The number of aliphatic hydroxyl groups excluding tert-OH is 1. The summed E-state index contributed by atoms with van der Waals surface area (Å²) >= 11 is 0. The van der Waals surface area contributed by atoms with Crippen LogP contribution in [0.25, 0.3) is 0 Å². The third-order valence-electron chi connectivity index (χ3n) is 3.13. The molecule has 4 nitrogen and oxygen atoms in total. The lowest BCUT2D eigenvalue weighted by Crippen LogP contribution is -2.49. The molecule has 1 aliphatic rings. The van der Waals surface area contributed by atoms with Crippen LogP contribution >= 0.6 is 0 Å². The van der Waals surface area contributed by atoms with Gasteiger partial charge in [0.2, 0.25) is 5.91 Å².